The Morgan fingerprint density at radius 2 is 2.00 bits per heavy atom. The van der Waals surface area contributed by atoms with Crippen molar-refractivity contribution in [1.29, 1.82) is 0 Å². The van der Waals surface area contributed by atoms with Crippen LogP contribution in [-0.4, -0.2) is 9.38 Å². The van der Waals surface area contributed by atoms with Crippen LogP contribution in [0.2, 0.25) is 0 Å². The second-order valence-corrected chi connectivity index (χ2v) is 3.38. The fraction of sp³-hybridized carbons (Fsp3) is 0. The van der Waals surface area contributed by atoms with E-state index in [4.69, 9.17) is 0 Å². The van der Waals surface area contributed by atoms with Gasteiger partial charge in [0.05, 0.1) is 11.0 Å². The molecule has 3 aromatic heterocycles. The summed E-state index contributed by atoms with van der Waals surface area (Å²) < 4.78 is 1.61. The summed E-state index contributed by atoms with van der Waals surface area (Å²) in [6, 6.07) is 11.0. The van der Waals surface area contributed by atoms with Crippen LogP contribution in [-0.2, 0) is 0 Å². The summed E-state index contributed by atoms with van der Waals surface area (Å²) in [4.78, 5) is 15.8. The lowest BCUT2D eigenvalue weighted by molar-refractivity contribution is 1.10. The molecule has 0 radical (unpaired) electrons. The Morgan fingerprint density at radius 1 is 1.07 bits per heavy atom. The van der Waals surface area contributed by atoms with Crippen molar-refractivity contribution in [2.45, 2.75) is 0 Å². The van der Waals surface area contributed by atoms with Crippen LogP contribution in [0.5, 0.6) is 0 Å². The maximum absolute atomic E-state index is 11.6. The van der Waals surface area contributed by atoms with Crippen LogP contribution in [0.3, 0.4) is 0 Å². The molecule has 0 bridgehead atoms. The van der Waals surface area contributed by atoms with Gasteiger partial charge in [0, 0.05) is 23.8 Å². The molecule has 72 valence electrons. The van der Waals surface area contributed by atoms with Gasteiger partial charge in [-0.15, -0.1) is 0 Å². The van der Waals surface area contributed by atoms with Crippen molar-refractivity contribution < 1.29 is 0 Å². The van der Waals surface area contributed by atoms with Crippen molar-refractivity contribution in [3.8, 4) is 0 Å². The van der Waals surface area contributed by atoms with Gasteiger partial charge in [0.15, 0.2) is 0 Å². The van der Waals surface area contributed by atoms with Crippen molar-refractivity contribution in [3.05, 3.63) is 59.1 Å². The smallest absolute Gasteiger partial charge is 0.255 e. The largest absolute Gasteiger partial charge is 0.282 e. The zero-order valence-electron chi connectivity index (χ0n) is 7.92. The van der Waals surface area contributed by atoms with Crippen LogP contribution in [0.4, 0.5) is 0 Å². The van der Waals surface area contributed by atoms with Gasteiger partial charge >= 0.3 is 0 Å². The van der Waals surface area contributed by atoms with Crippen molar-refractivity contribution in [2.75, 3.05) is 0 Å². The van der Waals surface area contributed by atoms with Crippen LogP contribution in [0.1, 0.15) is 0 Å². The van der Waals surface area contributed by atoms with E-state index < -0.39 is 0 Å². The van der Waals surface area contributed by atoms with Gasteiger partial charge in [0.1, 0.15) is 0 Å². The van der Waals surface area contributed by atoms with Crippen LogP contribution in [0.25, 0.3) is 16.4 Å². The van der Waals surface area contributed by atoms with E-state index in [0.29, 0.717) is 0 Å². The van der Waals surface area contributed by atoms with Gasteiger partial charge in [-0.25, -0.2) is 0 Å². The minimum absolute atomic E-state index is 0.0277. The van der Waals surface area contributed by atoms with Crippen LogP contribution in [0.15, 0.2) is 53.6 Å². The van der Waals surface area contributed by atoms with E-state index in [1.165, 1.54) is 0 Å². The Hall–Kier alpha value is -2.16. The molecule has 0 aliphatic heterocycles. The van der Waals surface area contributed by atoms with Gasteiger partial charge in [-0.1, -0.05) is 12.1 Å². The highest BCUT2D eigenvalue weighted by Crippen LogP contribution is 2.15. The van der Waals surface area contributed by atoms with E-state index in [2.05, 4.69) is 4.98 Å². The molecule has 3 heterocycles. The van der Waals surface area contributed by atoms with Crippen LogP contribution >= 0.6 is 0 Å². The number of aromatic nitrogens is 2. The Morgan fingerprint density at radius 3 is 2.93 bits per heavy atom. The highest BCUT2D eigenvalue weighted by molar-refractivity contribution is 5.91. The molecule has 0 aliphatic carbocycles. The molecule has 0 fully saturated rings. The first kappa shape index (κ1) is 8.17. The molecule has 0 saturated carbocycles. The van der Waals surface area contributed by atoms with Gasteiger partial charge in [0.2, 0.25) is 0 Å². The maximum Gasteiger partial charge on any atom is 0.255 e. The van der Waals surface area contributed by atoms with E-state index in [1.54, 1.807) is 28.9 Å². The molecule has 0 aromatic carbocycles. The lowest BCUT2D eigenvalue weighted by Crippen LogP contribution is -2.10. The molecular formula is C12H8N2O. The number of hydrogen-bond acceptors (Lipinski definition) is 2. The Balaban J connectivity index is 2.67. The van der Waals surface area contributed by atoms with E-state index in [1.807, 2.05) is 24.3 Å². The summed E-state index contributed by atoms with van der Waals surface area (Å²) in [5, 5.41) is 1.04. The first-order valence-corrected chi connectivity index (χ1v) is 4.71. The van der Waals surface area contributed by atoms with Gasteiger partial charge in [-0.05, 0) is 18.2 Å². The zero-order chi connectivity index (χ0) is 10.3. The fourth-order valence-corrected chi connectivity index (χ4v) is 1.77. The molecular weight excluding hydrogens is 188 g/mol. The zero-order valence-corrected chi connectivity index (χ0v) is 7.92. The number of hydrogen-bond donors (Lipinski definition) is 0. The molecule has 0 N–H and O–H groups in total. The number of rotatable bonds is 0. The number of nitrogens with zero attached hydrogens (tertiary/aromatic N) is 2. The Bertz CT molecular complexity index is 700. The fourth-order valence-electron chi connectivity index (χ4n) is 1.77. The molecule has 0 spiro atoms. The molecule has 0 amide bonds. The van der Waals surface area contributed by atoms with Crippen LogP contribution in [0, 0.1) is 0 Å². The standard InChI is InChI=1S/C12H8N2O/c15-11-5-1-4-10-12-9(3-2-7-13-12)6-8-14(10)11/h1-8H. The van der Waals surface area contributed by atoms with Crippen molar-refractivity contribution >= 4 is 16.4 Å². The SMILES string of the molecule is O=c1cccc2c3ncccc3ccn12. The molecule has 3 nitrogen and oxygen atoms in total. The predicted octanol–water partition coefficient (Wildman–Crippen LogP) is 1.85. The van der Waals surface area contributed by atoms with Crippen molar-refractivity contribution in [3.63, 3.8) is 0 Å². The predicted molar refractivity (Wildman–Crippen MR) is 59.0 cm³/mol. The highest BCUT2D eigenvalue weighted by Gasteiger charge is 2.00. The quantitative estimate of drug-likeness (QED) is 0.514. The highest BCUT2D eigenvalue weighted by atomic mass is 16.1. The summed E-state index contributed by atoms with van der Waals surface area (Å²) in [7, 11) is 0. The van der Waals surface area contributed by atoms with Gasteiger partial charge in [-0.2, -0.15) is 0 Å². The first-order chi connectivity index (χ1) is 7.36. The summed E-state index contributed by atoms with van der Waals surface area (Å²) in [5.41, 5.74) is 1.68. The molecule has 0 aliphatic rings. The summed E-state index contributed by atoms with van der Waals surface area (Å²) >= 11 is 0. The molecule has 15 heavy (non-hydrogen) atoms. The van der Waals surface area contributed by atoms with E-state index in [9.17, 15) is 4.79 Å². The van der Waals surface area contributed by atoms with E-state index in [0.717, 1.165) is 16.4 Å². The Labute approximate surface area is 85.6 Å². The van der Waals surface area contributed by atoms with Gasteiger partial charge in [0.25, 0.3) is 5.56 Å². The molecule has 0 saturated heterocycles. The minimum Gasteiger partial charge on any atom is -0.282 e. The molecule has 3 heteroatoms. The van der Waals surface area contributed by atoms with Gasteiger partial charge in [-0.3, -0.25) is 14.2 Å². The number of pyridine rings is 3. The summed E-state index contributed by atoms with van der Waals surface area (Å²) in [5.74, 6) is 0. The van der Waals surface area contributed by atoms with Crippen molar-refractivity contribution in [2.24, 2.45) is 0 Å². The minimum atomic E-state index is -0.0277. The number of fused-ring (bicyclic) bond motifs is 3. The van der Waals surface area contributed by atoms with Crippen molar-refractivity contribution in [1.82, 2.24) is 9.38 Å². The lowest BCUT2D eigenvalue weighted by Gasteiger charge is -2.02. The van der Waals surface area contributed by atoms with Gasteiger partial charge < -0.3 is 0 Å². The second kappa shape index (κ2) is 2.92. The average Bonchev–Trinajstić information content (AvgIpc) is 2.29. The third-order valence-corrected chi connectivity index (χ3v) is 2.47. The normalized spacial score (nSPS) is 10.9. The monoisotopic (exact) mass is 196 g/mol. The summed E-state index contributed by atoms with van der Waals surface area (Å²) in [6.45, 7) is 0. The maximum atomic E-state index is 11.6. The van der Waals surface area contributed by atoms with E-state index >= 15 is 0 Å². The third-order valence-electron chi connectivity index (χ3n) is 2.47. The Kier molecular flexibility index (Phi) is 1.59. The summed E-state index contributed by atoms with van der Waals surface area (Å²) in [6.07, 6.45) is 3.52. The lowest BCUT2D eigenvalue weighted by atomic mass is 10.2. The molecule has 0 atom stereocenters. The topological polar surface area (TPSA) is 34.4 Å². The average molecular weight is 196 g/mol. The second-order valence-electron chi connectivity index (χ2n) is 3.38. The first-order valence-electron chi connectivity index (χ1n) is 4.71. The molecule has 3 rings (SSSR count). The van der Waals surface area contributed by atoms with Crippen LogP contribution < -0.4 is 5.56 Å². The van der Waals surface area contributed by atoms with E-state index in [-0.39, 0.29) is 5.56 Å². The molecule has 3 aromatic rings. The molecule has 0 unspecified atom stereocenters. The third kappa shape index (κ3) is 1.13.